The summed E-state index contributed by atoms with van der Waals surface area (Å²) in [4.78, 5) is 23.4. The zero-order valence-electron chi connectivity index (χ0n) is 17.2. The minimum atomic E-state index is -1.02. The minimum Gasteiger partial charge on any atom is -0.507 e. The van der Waals surface area contributed by atoms with Gasteiger partial charge in [0.1, 0.15) is 11.4 Å². The van der Waals surface area contributed by atoms with Crippen molar-refractivity contribution in [3.8, 4) is 16.9 Å². The number of alkyl carbamates (subject to hydrolysis) is 1. The smallest absolute Gasteiger partial charge is 0.408 e. The molecule has 0 saturated carbocycles. The zero-order valence-corrected chi connectivity index (χ0v) is 17.2. The number of phenols is 1. The van der Waals surface area contributed by atoms with Crippen molar-refractivity contribution in [1.29, 1.82) is 0 Å². The maximum Gasteiger partial charge on any atom is 0.408 e. The molecule has 0 saturated heterocycles. The van der Waals surface area contributed by atoms with Crippen molar-refractivity contribution in [3.63, 3.8) is 0 Å². The Kier molecular flexibility index (Phi) is 5.96. The van der Waals surface area contributed by atoms with Gasteiger partial charge in [-0.3, -0.25) is 4.79 Å². The van der Waals surface area contributed by atoms with Crippen LogP contribution in [0.5, 0.6) is 5.75 Å². The second-order valence-corrected chi connectivity index (χ2v) is 8.10. The van der Waals surface area contributed by atoms with Crippen molar-refractivity contribution in [2.45, 2.75) is 38.8 Å². The molecule has 6 nitrogen and oxygen atoms in total. The van der Waals surface area contributed by atoms with Gasteiger partial charge >= 0.3 is 12.1 Å². The van der Waals surface area contributed by atoms with E-state index in [1.54, 1.807) is 39.0 Å². The molecule has 3 aromatic rings. The highest BCUT2D eigenvalue weighted by atomic mass is 16.6. The predicted molar refractivity (Wildman–Crippen MR) is 115 cm³/mol. The third kappa shape index (κ3) is 5.08. The van der Waals surface area contributed by atoms with E-state index in [0.717, 1.165) is 21.9 Å². The molecule has 1 amide bonds. The molecule has 30 heavy (non-hydrogen) atoms. The summed E-state index contributed by atoms with van der Waals surface area (Å²) in [5, 5.41) is 23.7. The van der Waals surface area contributed by atoms with Gasteiger partial charge in [0.2, 0.25) is 0 Å². The SMILES string of the molecule is CC(C)(C)OC(=O)NC(CC(=O)O)c1ccc(-c2ccc(O)c3ccccc23)cc1. The molecule has 0 aromatic heterocycles. The molecular weight excluding hydrogens is 382 g/mol. The van der Waals surface area contributed by atoms with Crippen LogP contribution >= 0.6 is 0 Å². The summed E-state index contributed by atoms with van der Waals surface area (Å²) in [6.45, 7) is 5.24. The molecule has 0 spiro atoms. The summed E-state index contributed by atoms with van der Waals surface area (Å²) in [7, 11) is 0. The highest BCUT2D eigenvalue weighted by Gasteiger charge is 2.22. The number of ether oxygens (including phenoxy) is 1. The Morgan fingerprint density at radius 2 is 1.60 bits per heavy atom. The lowest BCUT2D eigenvalue weighted by atomic mass is 9.95. The second-order valence-electron chi connectivity index (χ2n) is 8.10. The first-order chi connectivity index (χ1) is 14.1. The van der Waals surface area contributed by atoms with Crippen LogP contribution in [0.25, 0.3) is 21.9 Å². The van der Waals surface area contributed by atoms with Crippen molar-refractivity contribution < 1.29 is 24.5 Å². The molecule has 0 aliphatic carbocycles. The average molecular weight is 407 g/mol. The van der Waals surface area contributed by atoms with Gasteiger partial charge in [-0.2, -0.15) is 0 Å². The van der Waals surface area contributed by atoms with E-state index in [9.17, 15) is 19.8 Å². The van der Waals surface area contributed by atoms with Crippen LogP contribution in [0.15, 0.2) is 60.7 Å². The number of carbonyl (C=O) groups is 2. The number of fused-ring (bicyclic) bond motifs is 1. The van der Waals surface area contributed by atoms with Crippen LogP contribution in [-0.2, 0) is 9.53 Å². The molecule has 0 aliphatic heterocycles. The number of hydrogen-bond donors (Lipinski definition) is 3. The number of phenolic OH excluding ortho intramolecular Hbond substituents is 1. The summed E-state index contributed by atoms with van der Waals surface area (Å²) < 4.78 is 5.26. The van der Waals surface area contributed by atoms with Crippen molar-refractivity contribution in [1.82, 2.24) is 5.32 Å². The molecule has 3 N–H and O–H groups in total. The van der Waals surface area contributed by atoms with Gasteiger partial charge in [0.15, 0.2) is 0 Å². The van der Waals surface area contributed by atoms with Crippen molar-refractivity contribution in [2.24, 2.45) is 0 Å². The van der Waals surface area contributed by atoms with Crippen LogP contribution in [0.3, 0.4) is 0 Å². The number of rotatable bonds is 5. The molecule has 0 aliphatic rings. The van der Waals surface area contributed by atoms with E-state index < -0.39 is 23.7 Å². The molecule has 0 radical (unpaired) electrons. The lowest BCUT2D eigenvalue weighted by Gasteiger charge is -2.23. The van der Waals surface area contributed by atoms with Crippen molar-refractivity contribution in [3.05, 3.63) is 66.2 Å². The Hall–Kier alpha value is -3.54. The van der Waals surface area contributed by atoms with E-state index in [4.69, 9.17) is 4.74 Å². The van der Waals surface area contributed by atoms with E-state index in [-0.39, 0.29) is 12.2 Å². The lowest BCUT2D eigenvalue weighted by Crippen LogP contribution is -2.35. The molecule has 6 heteroatoms. The first-order valence-electron chi connectivity index (χ1n) is 9.66. The number of carboxylic acid groups (broad SMARTS) is 1. The van der Waals surface area contributed by atoms with Gasteiger partial charge in [-0.25, -0.2) is 4.79 Å². The Morgan fingerprint density at radius 3 is 2.20 bits per heavy atom. The lowest BCUT2D eigenvalue weighted by molar-refractivity contribution is -0.137. The number of carbonyl (C=O) groups excluding carboxylic acids is 1. The van der Waals surface area contributed by atoms with E-state index >= 15 is 0 Å². The van der Waals surface area contributed by atoms with E-state index in [2.05, 4.69) is 5.32 Å². The van der Waals surface area contributed by atoms with Crippen molar-refractivity contribution >= 4 is 22.8 Å². The second kappa shape index (κ2) is 8.45. The summed E-state index contributed by atoms with van der Waals surface area (Å²) in [5.41, 5.74) is 1.85. The zero-order chi connectivity index (χ0) is 21.9. The van der Waals surface area contributed by atoms with Gasteiger partial charge in [0.25, 0.3) is 0 Å². The number of nitrogens with one attached hydrogen (secondary N) is 1. The largest absolute Gasteiger partial charge is 0.507 e. The van der Waals surface area contributed by atoms with Gasteiger partial charge in [-0.15, -0.1) is 0 Å². The molecule has 156 valence electrons. The monoisotopic (exact) mass is 407 g/mol. The number of hydrogen-bond acceptors (Lipinski definition) is 4. The fourth-order valence-corrected chi connectivity index (χ4v) is 3.31. The number of aromatic hydroxyl groups is 1. The van der Waals surface area contributed by atoms with Gasteiger partial charge in [0.05, 0.1) is 12.5 Å². The molecule has 1 atom stereocenters. The maximum atomic E-state index is 12.1. The molecule has 3 rings (SSSR count). The fourth-order valence-electron chi connectivity index (χ4n) is 3.31. The highest BCUT2D eigenvalue weighted by Crippen LogP contribution is 2.34. The normalized spacial score (nSPS) is 12.4. The molecule has 0 fully saturated rings. The summed E-state index contributed by atoms with van der Waals surface area (Å²) in [6.07, 6.45) is -0.928. The van der Waals surface area contributed by atoms with E-state index in [1.165, 1.54) is 0 Å². The van der Waals surface area contributed by atoms with Gasteiger partial charge in [-0.1, -0.05) is 54.6 Å². The Balaban J connectivity index is 1.90. The molecule has 3 aromatic carbocycles. The molecular formula is C24H25NO5. The topological polar surface area (TPSA) is 95.9 Å². The predicted octanol–water partition coefficient (Wildman–Crippen LogP) is 5.25. The standard InChI is InChI=1S/C24H25NO5/c1-24(2,3)30-23(29)25-20(14-22(27)28)16-10-8-15(9-11-16)17-12-13-21(26)19-7-5-4-6-18(17)19/h4-13,20,26H,14H2,1-3H3,(H,25,29)(H,27,28). The van der Waals surface area contributed by atoms with Crippen LogP contribution in [0.1, 0.15) is 38.8 Å². The molecule has 0 heterocycles. The molecule has 1 unspecified atom stereocenters. The Bertz CT molecular complexity index is 1070. The minimum absolute atomic E-state index is 0.217. The summed E-state index contributed by atoms with van der Waals surface area (Å²) in [5.74, 6) is -0.807. The van der Waals surface area contributed by atoms with E-state index in [0.29, 0.717) is 5.56 Å². The van der Waals surface area contributed by atoms with Crippen LogP contribution in [0.2, 0.25) is 0 Å². The molecule has 0 bridgehead atoms. The Morgan fingerprint density at radius 1 is 0.967 bits per heavy atom. The fraction of sp³-hybridized carbons (Fsp3) is 0.250. The van der Waals surface area contributed by atoms with Crippen LogP contribution in [0.4, 0.5) is 4.79 Å². The maximum absolute atomic E-state index is 12.1. The number of aliphatic carboxylic acids is 1. The first kappa shape index (κ1) is 21.2. The summed E-state index contributed by atoms with van der Waals surface area (Å²) >= 11 is 0. The number of carboxylic acids is 1. The third-order valence-corrected chi connectivity index (χ3v) is 4.59. The average Bonchev–Trinajstić information content (AvgIpc) is 2.66. The van der Waals surface area contributed by atoms with Crippen molar-refractivity contribution in [2.75, 3.05) is 0 Å². The number of amides is 1. The van der Waals surface area contributed by atoms with Crippen LogP contribution in [-0.4, -0.2) is 27.9 Å². The van der Waals surface area contributed by atoms with Crippen LogP contribution < -0.4 is 5.32 Å². The van der Waals surface area contributed by atoms with Crippen LogP contribution in [0, 0.1) is 0 Å². The third-order valence-electron chi connectivity index (χ3n) is 4.59. The van der Waals surface area contributed by atoms with Gasteiger partial charge < -0.3 is 20.3 Å². The first-order valence-corrected chi connectivity index (χ1v) is 9.66. The Labute approximate surface area is 175 Å². The highest BCUT2D eigenvalue weighted by molar-refractivity contribution is 5.99. The van der Waals surface area contributed by atoms with E-state index in [1.807, 2.05) is 42.5 Å². The van der Waals surface area contributed by atoms with Gasteiger partial charge in [0, 0.05) is 5.39 Å². The summed E-state index contributed by atoms with van der Waals surface area (Å²) in [6, 6.07) is 17.7. The number of benzene rings is 3. The quantitative estimate of drug-likeness (QED) is 0.537. The van der Waals surface area contributed by atoms with Gasteiger partial charge in [-0.05, 0) is 48.9 Å².